The molecule has 41 heavy (non-hydrogen) atoms. The number of rotatable bonds is 9. The van der Waals surface area contributed by atoms with E-state index in [1.165, 1.54) is 42.8 Å². The van der Waals surface area contributed by atoms with E-state index in [1.807, 2.05) is 24.3 Å². The van der Waals surface area contributed by atoms with Crippen LogP contribution in [-0.2, 0) is 17.9 Å². The number of carbonyl (C=O) groups is 2. The second-order valence-electron chi connectivity index (χ2n) is 10.3. The molecule has 2 N–H and O–H groups in total. The number of benzene rings is 3. The number of hydrogen-bond acceptors (Lipinski definition) is 4. The Labute approximate surface area is 233 Å². The molecule has 0 heterocycles. The van der Waals surface area contributed by atoms with Gasteiger partial charge in [-0.1, -0.05) is 43.5 Å². The molecule has 0 aromatic heterocycles. The van der Waals surface area contributed by atoms with Gasteiger partial charge in [0.05, 0.1) is 13.1 Å². The van der Waals surface area contributed by atoms with Crippen molar-refractivity contribution < 1.29 is 41.8 Å². The summed E-state index contributed by atoms with van der Waals surface area (Å²) in [4.78, 5) is 27.1. The van der Waals surface area contributed by atoms with Crippen LogP contribution in [0.2, 0.25) is 0 Å². The van der Waals surface area contributed by atoms with E-state index < -0.39 is 65.4 Å². The number of amides is 1. The monoisotopic (exact) mass is 576 g/mol. The molecule has 6 nitrogen and oxygen atoms in total. The van der Waals surface area contributed by atoms with Gasteiger partial charge < -0.3 is 15.1 Å². The van der Waals surface area contributed by atoms with E-state index >= 15 is 0 Å². The maximum Gasteiger partial charge on any atom is 0.339 e. The fourth-order valence-corrected chi connectivity index (χ4v) is 5.14. The van der Waals surface area contributed by atoms with Crippen LogP contribution in [0.15, 0.2) is 42.5 Å². The lowest BCUT2D eigenvalue weighted by molar-refractivity contribution is -0.119. The molecular weight excluding hydrogens is 547 g/mol. The summed E-state index contributed by atoms with van der Waals surface area (Å²) in [7, 11) is 1.28. The predicted molar refractivity (Wildman–Crippen MR) is 141 cm³/mol. The van der Waals surface area contributed by atoms with Gasteiger partial charge in [0.2, 0.25) is 11.7 Å². The van der Waals surface area contributed by atoms with E-state index in [0.29, 0.717) is 5.92 Å². The van der Waals surface area contributed by atoms with Gasteiger partial charge in [-0.25, -0.2) is 26.7 Å². The van der Waals surface area contributed by atoms with Crippen LogP contribution >= 0.6 is 0 Å². The Morgan fingerprint density at radius 2 is 1.41 bits per heavy atom. The van der Waals surface area contributed by atoms with E-state index in [0.717, 1.165) is 35.4 Å². The van der Waals surface area contributed by atoms with Crippen molar-refractivity contribution in [2.24, 2.45) is 0 Å². The number of aromatic carboxylic acids is 1. The van der Waals surface area contributed by atoms with Crippen molar-refractivity contribution in [1.82, 2.24) is 4.90 Å². The fourth-order valence-electron chi connectivity index (χ4n) is 5.14. The van der Waals surface area contributed by atoms with Crippen LogP contribution in [0.4, 0.5) is 27.6 Å². The fraction of sp³-hybridized carbons (Fsp3) is 0.333. The minimum Gasteiger partial charge on any atom is -0.507 e. The number of carboxylic acids is 1. The zero-order valence-corrected chi connectivity index (χ0v) is 22.3. The Balaban J connectivity index is 1.58. The van der Waals surface area contributed by atoms with Crippen LogP contribution in [0.5, 0.6) is 5.75 Å². The molecule has 4 rings (SSSR count). The first-order valence-electron chi connectivity index (χ1n) is 13.1. The molecule has 0 bridgehead atoms. The largest absolute Gasteiger partial charge is 0.507 e. The van der Waals surface area contributed by atoms with Gasteiger partial charge in [-0.15, -0.1) is 0 Å². The summed E-state index contributed by atoms with van der Waals surface area (Å²) in [5.41, 5.74) is 0.615. The van der Waals surface area contributed by atoms with Crippen LogP contribution in [0.1, 0.15) is 65.1 Å². The highest BCUT2D eigenvalue weighted by atomic mass is 19.2. The summed E-state index contributed by atoms with van der Waals surface area (Å²) >= 11 is 0. The van der Waals surface area contributed by atoms with Crippen molar-refractivity contribution in [2.75, 3.05) is 18.5 Å². The van der Waals surface area contributed by atoms with Crippen LogP contribution in [0, 0.1) is 29.1 Å². The van der Waals surface area contributed by atoms with Gasteiger partial charge in [0, 0.05) is 23.9 Å². The van der Waals surface area contributed by atoms with Crippen LogP contribution < -0.4 is 4.90 Å². The summed E-state index contributed by atoms with van der Waals surface area (Å²) in [6.45, 7) is -1.25. The van der Waals surface area contributed by atoms with Crippen molar-refractivity contribution in [3.63, 3.8) is 0 Å². The zero-order valence-electron chi connectivity index (χ0n) is 22.3. The molecule has 0 unspecified atom stereocenters. The van der Waals surface area contributed by atoms with E-state index in [2.05, 4.69) is 0 Å². The van der Waals surface area contributed by atoms with Crippen molar-refractivity contribution in [1.29, 1.82) is 0 Å². The third-order valence-corrected chi connectivity index (χ3v) is 7.36. The Hall–Kier alpha value is -3.99. The molecule has 1 fully saturated rings. The smallest absolute Gasteiger partial charge is 0.339 e. The topological polar surface area (TPSA) is 81.1 Å². The number of carbonyl (C=O) groups excluding carboxylic acids is 1. The Bertz CT molecular complexity index is 1410. The van der Waals surface area contributed by atoms with E-state index in [-0.39, 0.29) is 17.8 Å². The zero-order chi connectivity index (χ0) is 29.8. The Morgan fingerprint density at radius 3 is 1.98 bits per heavy atom. The standard InChI is InChI=1S/C30H29F5N2O4/c1-36(15-22-25(31)27(33)29(35)28(34)26(22)32)16-24(39)37(20-11-12-21(30(40)41)23(38)13-20)14-17-7-9-19(10-8-17)18-5-3-2-4-6-18/h7-13,18,38H,2-6,14-16H2,1H3,(H,40,41). The van der Waals surface area contributed by atoms with Gasteiger partial charge in [-0.3, -0.25) is 9.69 Å². The molecule has 1 saturated carbocycles. The third kappa shape index (κ3) is 6.67. The van der Waals surface area contributed by atoms with E-state index in [4.69, 9.17) is 0 Å². The lowest BCUT2D eigenvalue weighted by Crippen LogP contribution is -2.39. The number of phenols is 1. The molecule has 1 aliphatic rings. The molecule has 0 radical (unpaired) electrons. The second-order valence-corrected chi connectivity index (χ2v) is 10.3. The summed E-state index contributed by atoms with van der Waals surface area (Å²) in [5.74, 6) is -12.5. The number of halogens is 5. The number of likely N-dealkylation sites (N-methyl/N-ethyl adjacent to an activating group) is 1. The average Bonchev–Trinajstić information content (AvgIpc) is 2.96. The van der Waals surface area contributed by atoms with Gasteiger partial charge in [0.1, 0.15) is 11.3 Å². The first kappa shape index (κ1) is 30.0. The van der Waals surface area contributed by atoms with Crippen molar-refractivity contribution in [2.45, 2.75) is 51.1 Å². The van der Waals surface area contributed by atoms with Crippen LogP contribution in [0.25, 0.3) is 0 Å². The van der Waals surface area contributed by atoms with Gasteiger partial charge in [0.25, 0.3) is 0 Å². The van der Waals surface area contributed by atoms with Crippen LogP contribution in [-0.4, -0.2) is 40.6 Å². The van der Waals surface area contributed by atoms with E-state index in [9.17, 15) is 41.8 Å². The summed E-state index contributed by atoms with van der Waals surface area (Å²) < 4.78 is 69.2. The molecule has 0 aliphatic heterocycles. The third-order valence-electron chi connectivity index (χ3n) is 7.36. The minimum atomic E-state index is -2.27. The van der Waals surface area contributed by atoms with Gasteiger partial charge in [0.15, 0.2) is 23.3 Å². The highest BCUT2D eigenvalue weighted by Crippen LogP contribution is 2.33. The number of hydrogen-bond donors (Lipinski definition) is 2. The quantitative estimate of drug-likeness (QED) is 0.173. The van der Waals surface area contributed by atoms with Gasteiger partial charge in [-0.2, -0.15) is 0 Å². The first-order valence-corrected chi connectivity index (χ1v) is 13.1. The molecule has 11 heteroatoms. The van der Waals surface area contributed by atoms with Gasteiger partial charge in [-0.05, 0) is 49.1 Å². The molecule has 0 spiro atoms. The number of anilines is 1. The molecule has 3 aromatic carbocycles. The Morgan fingerprint density at radius 1 is 0.829 bits per heavy atom. The predicted octanol–water partition coefficient (Wildman–Crippen LogP) is 6.50. The lowest BCUT2D eigenvalue weighted by Gasteiger charge is -2.27. The minimum absolute atomic E-state index is 0.00596. The molecule has 1 aliphatic carbocycles. The molecule has 0 atom stereocenters. The Kier molecular flexibility index (Phi) is 9.27. The average molecular weight is 577 g/mol. The molecular formula is C30H29F5N2O4. The molecule has 218 valence electrons. The molecule has 0 saturated heterocycles. The highest BCUT2D eigenvalue weighted by molar-refractivity contribution is 5.96. The number of nitrogens with zero attached hydrogens (tertiary/aromatic N) is 2. The second kappa shape index (κ2) is 12.7. The SMILES string of the molecule is CN(CC(=O)N(Cc1ccc(C2CCCCC2)cc1)c1ccc(C(=O)O)c(O)c1)Cc1c(F)c(F)c(F)c(F)c1F. The summed E-state index contributed by atoms with van der Waals surface area (Å²) in [6, 6.07) is 11.3. The molecule has 1 amide bonds. The highest BCUT2D eigenvalue weighted by Gasteiger charge is 2.27. The molecule has 3 aromatic rings. The maximum atomic E-state index is 14.2. The van der Waals surface area contributed by atoms with Crippen molar-refractivity contribution in [3.05, 3.63) is 93.8 Å². The van der Waals surface area contributed by atoms with Crippen LogP contribution in [0.3, 0.4) is 0 Å². The number of carboxylic acid groups (broad SMARTS) is 1. The van der Waals surface area contributed by atoms with E-state index in [1.54, 1.807) is 0 Å². The first-order chi connectivity index (χ1) is 19.5. The van der Waals surface area contributed by atoms with Crippen molar-refractivity contribution >= 4 is 17.6 Å². The summed E-state index contributed by atoms with van der Waals surface area (Å²) in [5, 5.41) is 19.5. The van der Waals surface area contributed by atoms with Gasteiger partial charge >= 0.3 is 5.97 Å². The number of aromatic hydroxyl groups is 1. The lowest BCUT2D eigenvalue weighted by atomic mass is 9.84. The normalized spacial score (nSPS) is 13.9. The maximum absolute atomic E-state index is 14.2. The summed E-state index contributed by atoms with van der Waals surface area (Å²) in [6.07, 6.45) is 5.77. The van der Waals surface area contributed by atoms with Crippen molar-refractivity contribution in [3.8, 4) is 5.75 Å².